The van der Waals surface area contributed by atoms with Gasteiger partial charge in [-0.2, -0.15) is 0 Å². The summed E-state index contributed by atoms with van der Waals surface area (Å²) in [7, 11) is 1.83. The van der Waals surface area contributed by atoms with E-state index in [2.05, 4.69) is 13.8 Å². The first-order valence-electron chi connectivity index (χ1n) is 6.97. The number of anilines is 1. The van der Waals surface area contributed by atoms with E-state index >= 15 is 0 Å². The first kappa shape index (κ1) is 15.7. The summed E-state index contributed by atoms with van der Waals surface area (Å²) in [6, 6.07) is 7.99. The Bertz CT molecular complexity index is 415. The second-order valence-corrected chi connectivity index (χ2v) is 5.73. The lowest BCUT2D eigenvalue weighted by molar-refractivity contribution is -0.119. The Balaban J connectivity index is 2.66. The fourth-order valence-corrected chi connectivity index (χ4v) is 2.29. The number of amides is 1. The van der Waals surface area contributed by atoms with Crippen molar-refractivity contribution in [2.45, 2.75) is 33.6 Å². The molecule has 0 spiro atoms. The molecular weight excluding hydrogens is 236 g/mol. The molecule has 0 aromatic heterocycles. The third-order valence-corrected chi connectivity index (χ3v) is 3.36. The van der Waals surface area contributed by atoms with Crippen molar-refractivity contribution in [3.8, 4) is 0 Å². The second kappa shape index (κ2) is 7.29. The molecule has 0 radical (unpaired) electrons. The molecule has 1 unspecified atom stereocenters. The number of nitrogens with two attached hydrogens (primary N) is 1. The van der Waals surface area contributed by atoms with Gasteiger partial charge in [0.2, 0.25) is 5.91 Å². The molecule has 0 saturated heterocycles. The van der Waals surface area contributed by atoms with Gasteiger partial charge in [0, 0.05) is 19.2 Å². The monoisotopic (exact) mass is 262 g/mol. The Kier molecular flexibility index (Phi) is 6.03. The van der Waals surface area contributed by atoms with Gasteiger partial charge in [0.25, 0.3) is 0 Å². The third kappa shape index (κ3) is 5.03. The highest BCUT2D eigenvalue weighted by Crippen LogP contribution is 2.19. The van der Waals surface area contributed by atoms with Crippen molar-refractivity contribution in [1.29, 1.82) is 0 Å². The van der Waals surface area contributed by atoms with Gasteiger partial charge >= 0.3 is 0 Å². The van der Waals surface area contributed by atoms with Crippen molar-refractivity contribution >= 4 is 11.6 Å². The van der Waals surface area contributed by atoms with Gasteiger partial charge in [-0.05, 0) is 49.4 Å². The van der Waals surface area contributed by atoms with Crippen LogP contribution in [-0.2, 0) is 4.79 Å². The summed E-state index contributed by atoms with van der Waals surface area (Å²) in [5.74, 6) is 0.993. The van der Waals surface area contributed by atoms with E-state index < -0.39 is 0 Å². The normalized spacial score (nSPS) is 12.5. The van der Waals surface area contributed by atoms with Gasteiger partial charge in [-0.1, -0.05) is 26.0 Å². The highest BCUT2D eigenvalue weighted by atomic mass is 16.2. The Hall–Kier alpha value is -1.35. The van der Waals surface area contributed by atoms with Crippen LogP contribution in [0.1, 0.15) is 32.3 Å². The SMILES string of the molecule is Cc1cccc(N(C)C(=O)CC(CN)CC(C)C)c1. The molecule has 2 N–H and O–H groups in total. The molecule has 0 aliphatic rings. The minimum absolute atomic E-state index is 0.140. The molecule has 0 aliphatic carbocycles. The summed E-state index contributed by atoms with van der Waals surface area (Å²) in [4.78, 5) is 14.0. The van der Waals surface area contributed by atoms with Crippen molar-refractivity contribution in [3.05, 3.63) is 29.8 Å². The molecular formula is C16H26N2O. The number of rotatable bonds is 6. The van der Waals surface area contributed by atoms with Crippen LogP contribution in [0.25, 0.3) is 0 Å². The predicted octanol–water partition coefficient (Wildman–Crippen LogP) is 2.97. The summed E-state index contributed by atoms with van der Waals surface area (Å²) >= 11 is 0. The molecule has 0 bridgehead atoms. The standard InChI is InChI=1S/C16H26N2O/c1-12(2)8-14(11-17)10-16(19)18(4)15-7-5-6-13(3)9-15/h5-7,9,12,14H,8,10-11,17H2,1-4H3. The van der Waals surface area contributed by atoms with Gasteiger partial charge in [0.1, 0.15) is 0 Å². The van der Waals surface area contributed by atoms with Crippen LogP contribution >= 0.6 is 0 Å². The molecule has 3 heteroatoms. The summed E-state index contributed by atoms with van der Waals surface area (Å²) in [5.41, 5.74) is 7.87. The predicted molar refractivity (Wildman–Crippen MR) is 81.2 cm³/mol. The van der Waals surface area contributed by atoms with E-state index in [1.807, 2.05) is 38.2 Å². The quantitative estimate of drug-likeness (QED) is 0.856. The zero-order chi connectivity index (χ0) is 14.4. The van der Waals surface area contributed by atoms with Gasteiger partial charge in [0.05, 0.1) is 0 Å². The van der Waals surface area contributed by atoms with Crippen LogP contribution in [0.2, 0.25) is 0 Å². The highest BCUT2D eigenvalue weighted by molar-refractivity contribution is 5.93. The molecule has 0 aliphatic heterocycles. The van der Waals surface area contributed by atoms with Crippen LogP contribution in [0.4, 0.5) is 5.69 Å². The fraction of sp³-hybridized carbons (Fsp3) is 0.562. The van der Waals surface area contributed by atoms with E-state index in [9.17, 15) is 4.79 Å². The Morgan fingerprint density at radius 3 is 2.58 bits per heavy atom. The number of aryl methyl sites for hydroxylation is 1. The van der Waals surface area contributed by atoms with E-state index in [1.54, 1.807) is 4.90 Å². The smallest absolute Gasteiger partial charge is 0.227 e. The largest absolute Gasteiger partial charge is 0.330 e. The van der Waals surface area contributed by atoms with Crippen LogP contribution in [0.5, 0.6) is 0 Å². The molecule has 19 heavy (non-hydrogen) atoms. The Labute approximate surface area is 116 Å². The average molecular weight is 262 g/mol. The van der Waals surface area contributed by atoms with E-state index in [0.717, 1.165) is 17.7 Å². The molecule has 1 aromatic carbocycles. The van der Waals surface area contributed by atoms with Gasteiger partial charge < -0.3 is 10.6 Å². The molecule has 106 valence electrons. The third-order valence-electron chi connectivity index (χ3n) is 3.36. The average Bonchev–Trinajstić information content (AvgIpc) is 2.36. The maximum absolute atomic E-state index is 12.3. The molecule has 0 saturated carbocycles. The zero-order valence-corrected chi connectivity index (χ0v) is 12.5. The first-order valence-corrected chi connectivity index (χ1v) is 6.97. The Morgan fingerprint density at radius 1 is 1.37 bits per heavy atom. The van der Waals surface area contributed by atoms with E-state index in [0.29, 0.717) is 18.9 Å². The zero-order valence-electron chi connectivity index (χ0n) is 12.5. The summed E-state index contributed by atoms with van der Waals surface area (Å²) in [6.45, 7) is 6.93. The van der Waals surface area contributed by atoms with E-state index in [1.165, 1.54) is 0 Å². The lowest BCUT2D eigenvalue weighted by atomic mass is 9.94. The van der Waals surface area contributed by atoms with Crippen molar-refractivity contribution in [1.82, 2.24) is 0 Å². The van der Waals surface area contributed by atoms with Crippen molar-refractivity contribution < 1.29 is 4.79 Å². The minimum atomic E-state index is 0.140. The van der Waals surface area contributed by atoms with Crippen LogP contribution in [0, 0.1) is 18.8 Å². The van der Waals surface area contributed by atoms with Crippen LogP contribution < -0.4 is 10.6 Å². The molecule has 1 atom stereocenters. The molecule has 0 fully saturated rings. The molecule has 1 amide bonds. The van der Waals surface area contributed by atoms with Gasteiger partial charge in [0.15, 0.2) is 0 Å². The topological polar surface area (TPSA) is 46.3 Å². The number of carbonyl (C=O) groups excluding carboxylic acids is 1. The van der Waals surface area contributed by atoms with Gasteiger partial charge in [-0.25, -0.2) is 0 Å². The molecule has 1 rings (SSSR count). The molecule has 0 heterocycles. The van der Waals surface area contributed by atoms with Crippen LogP contribution in [0.15, 0.2) is 24.3 Å². The van der Waals surface area contributed by atoms with Crippen molar-refractivity contribution in [2.24, 2.45) is 17.6 Å². The van der Waals surface area contributed by atoms with Crippen molar-refractivity contribution in [2.75, 3.05) is 18.5 Å². The number of hydrogen-bond donors (Lipinski definition) is 1. The van der Waals surface area contributed by atoms with Crippen LogP contribution in [0.3, 0.4) is 0 Å². The van der Waals surface area contributed by atoms with Crippen LogP contribution in [-0.4, -0.2) is 19.5 Å². The number of nitrogens with zero attached hydrogens (tertiary/aromatic N) is 1. The lowest BCUT2D eigenvalue weighted by Crippen LogP contribution is -2.30. The van der Waals surface area contributed by atoms with Crippen molar-refractivity contribution in [3.63, 3.8) is 0 Å². The van der Waals surface area contributed by atoms with Gasteiger partial charge in [-0.3, -0.25) is 4.79 Å². The van der Waals surface area contributed by atoms with E-state index in [-0.39, 0.29) is 11.8 Å². The summed E-state index contributed by atoms with van der Waals surface area (Å²) in [6.07, 6.45) is 1.53. The van der Waals surface area contributed by atoms with Gasteiger partial charge in [-0.15, -0.1) is 0 Å². The summed E-state index contributed by atoms with van der Waals surface area (Å²) < 4.78 is 0. The molecule has 3 nitrogen and oxygen atoms in total. The minimum Gasteiger partial charge on any atom is -0.330 e. The summed E-state index contributed by atoms with van der Waals surface area (Å²) in [5, 5.41) is 0. The molecule has 1 aromatic rings. The maximum atomic E-state index is 12.3. The van der Waals surface area contributed by atoms with E-state index in [4.69, 9.17) is 5.73 Å². The lowest BCUT2D eigenvalue weighted by Gasteiger charge is -2.22. The highest BCUT2D eigenvalue weighted by Gasteiger charge is 2.17. The number of hydrogen-bond acceptors (Lipinski definition) is 2. The second-order valence-electron chi connectivity index (χ2n) is 5.73. The maximum Gasteiger partial charge on any atom is 0.227 e. The Morgan fingerprint density at radius 2 is 2.05 bits per heavy atom. The number of benzene rings is 1. The fourth-order valence-electron chi connectivity index (χ4n) is 2.29. The number of carbonyl (C=O) groups is 1. The first-order chi connectivity index (χ1) is 8.93.